The van der Waals surface area contributed by atoms with E-state index in [1.807, 2.05) is 0 Å². The summed E-state index contributed by atoms with van der Waals surface area (Å²) >= 11 is -1.36. The Morgan fingerprint density at radius 1 is 1.27 bits per heavy atom. The summed E-state index contributed by atoms with van der Waals surface area (Å²) < 4.78 is 0.985. The Bertz CT molecular complexity index is 153. The van der Waals surface area contributed by atoms with Gasteiger partial charge >= 0.3 is 73.1 Å². The van der Waals surface area contributed by atoms with Gasteiger partial charge in [0.1, 0.15) is 0 Å². The minimum atomic E-state index is -1.36. The normalized spacial score (nSPS) is 32.4. The minimum absolute atomic E-state index is 0.940. The van der Waals surface area contributed by atoms with Gasteiger partial charge in [0.25, 0.3) is 0 Å². The molecule has 1 rings (SSSR count). The van der Waals surface area contributed by atoms with Crippen molar-refractivity contribution in [1.29, 1.82) is 0 Å². The van der Waals surface area contributed by atoms with Gasteiger partial charge < -0.3 is 0 Å². The van der Waals surface area contributed by atoms with Crippen molar-refractivity contribution in [3.05, 3.63) is 12.2 Å². The fraction of sp³-hybridized carbons (Fsp3) is 0.800. The Labute approximate surface area is 73.4 Å². The third-order valence-electron chi connectivity index (χ3n) is 2.68. The molecule has 0 amide bonds. The average molecular weight is 213 g/mol. The van der Waals surface area contributed by atoms with Crippen molar-refractivity contribution in [3.63, 3.8) is 0 Å². The molecular formula is C10H20Ge. The van der Waals surface area contributed by atoms with Crippen LogP contribution in [0.4, 0.5) is 0 Å². The molecule has 0 N–H and O–H groups in total. The number of hydrogen-bond acceptors (Lipinski definition) is 0. The van der Waals surface area contributed by atoms with Gasteiger partial charge in [-0.15, -0.1) is 0 Å². The molecular weight excluding hydrogens is 193 g/mol. The molecule has 0 bridgehead atoms. The summed E-state index contributed by atoms with van der Waals surface area (Å²) in [5.74, 6) is 8.50. The molecule has 0 aromatic rings. The van der Waals surface area contributed by atoms with Gasteiger partial charge in [-0.1, -0.05) is 0 Å². The van der Waals surface area contributed by atoms with Crippen LogP contribution in [-0.4, -0.2) is 13.3 Å². The van der Waals surface area contributed by atoms with Crippen molar-refractivity contribution < 1.29 is 0 Å². The van der Waals surface area contributed by atoms with E-state index in [2.05, 4.69) is 36.3 Å². The Balaban J connectivity index is 2.60. The molecule has 0 spiro atoms. The molecule has 11 heavy (non-hydrogen) atoms. The zero-order valence-corrected chi connectivity index (χ0v) is 10.3. The van der Waals surface area contributed by atoms with Gasteiger partial charge in [-0.25, -0.2) is 0 Å². The molecule has 2 atom stereocenters. The fourth-order valence-electron chi connectivity index (χ4n) is 1.73. The predicted octanol–water partition coefficient (Wildman–Crippen LogP) is 3.68. The summed E-state index contributed by atoms with van der Waals surface area (Å²) in [5, 5.41) is 0. The number of hydrogen-bond donors (Lipinski definition) is 0. The molecule has 0 saturated heterocycles. The first-order valence-electron chi connectivity index (χ1n) is 4.67. The van der Waals surface area contributed by atoms with Crippen LogP contribution in [0.3, 0.4) is 0 Å². The maximum atomic E-state index is 2.52. The van der Waals surface area contributed by atoms with Crippen molar-refractivity contribution >= 4 is 13.3 Å². The predicted molar refractivity (Wildman–Crippen MR) is 54.6 cm³/mol. The summed E-state index contributed by atoms with van der Waals surface area (Å²) in [5.41, 5.74) is 0. The molecule has 0 aromatic heterocycles. The first kappa shape index (κ1) is 9.37. The third-order valence-corrected chi connectivity index (χ3v) is 8.24. The fourth-order valence-corrected chi connectivity index (χ4v) is 5.55. The van der Waals surface area contributed by atoms with Gasteiger partial charge in [0.15, 0.2) is 0 Å². The van der Waals surface area contributed by atoms with E-state index >= 15 is 0 Å². The van der Waals surface area contributed by atoms with Gasteiger partial charge in [0.2, 0.25) is 0 Å². The van der Waals surface area contributed by atoms with Crippen LogP contribution >= 0.6 is 0 Å². The van der Waals surface area contributed by atoms with Gasteiger partial charge in [0.05, 0.1) is 0 Å². The van der Waals surface area contributed by atoms with Gasteiger partial charge in [-0.05, 0) is 0 Å². The number of allylic oxidation sites excluding steroid dienone is 2. The summed E-state index contributed by atoms with van der Waals surface area (Å²) in [7, 11) is 0. The van der Waals surface area contributed by atoms with E-state index in [0.29, 0.717) is 0 Å². The van der Waals surface area contributed by atoms with E-state index in [4.69, 9.17) is 0 Å². The SMILES string of the molecule is C[C@@H]1CC=C[C@@H]([Ge]([CH3])([CH3])[CH3])C1. The Hall–Kier alpha value is 0.283. The summed E-state index contributed by atoms with van der Waals surface area (Å²) in [6, 6.07) is 0. The average Bonchev–Trinajstić information content (AvgIpc) is 1.86. The van der Waals surface area contributed by atoms with Crippen LogP contribution in [0.2, 0.25) is 22.0 Å². The molecule has 0 heterocycles. The van der Waals surface area contributed by atoms with Crippen LogP contribution < -0.4 is 0 Å². The van der Waals surface area contributed by atoms with Crippen molar-refractivity contribution in [2.24, 2.45) is 5.92 Å². The Morgan fingerprint density at radius 3 is 2.27 bits per heavy atom. The molecule has 0 aliphatic heterocycles. The maximum absolute atomic E-state index is 2.52. The Morgan fingerprint density at radius 2 is 1.91 bits per heavy atom. The van der Waals surface area contributed by atoms with E-state index in [1.165, 1.54) is 12.8 Å². The van der Waals surface area contributed by atoms with Gasteiger partial charge in [0, 0.05) is 0 Å². The molecule has 0 nitrogen and oxygen atoms in total. The first-order chi connectivity index (χ1) is 5.00. The third kappa shape index (κ3) is 2.66. The second kappa shape index (κ2) is 3.34. The molecule has 1 aliphatic rings. The van der Waals surface area contributed by atoms with Crippen molar-refractivity contribution in [1.82, 2.24) is 0 Å². The molecule has 0 fully saturated rings. The van der Waals surface area contributed by atoms with E-state index < -0.39 is 13.3 Å². The van der Waals surface area contributed by atoms with Crippen LogP contribution in [-0.2, 0) is 0 Å². The number of rotatable bonds is 1. The topological polar surface area (TPSA) is 0 Å². The first-order valence-corrected chi connectivity index (χ1v) is 12.2. The second-order valence-electron chi connectivity index (χ2n) is 4.98. The van der Waals surface area contributed by atoms with E-state index in [9.17, 15) is 0 Å². The van der Waals surface area contributed by atoms with Crippen LogP contribution in [0.15, 0.2) is 12.2 Å². The quantitative estimate of drug-likeness (QED) is 0.460. The summed E-state index contributed by atoms with van der Waals surface area (Å²) in [6.45, 7) is 2.38. The van der Waals surface area contributed by atoms with Crippen molar-refractivity contribution in [2.45, 2.75) is 41.8 Å². The summed E-state index contributed by atoms with van der Waals surface area (Å²) in [4.78, 5) is 0. The van der Waals surface area contributed by atoms with Crippen molar-refractivity contribution in [3.8, 4) is 0 Å². The van der Waals surface area contributed by atoms with E-state index in [1.54, 1.807) is 0 Å². The standard InChI is InChI=1S/C10H20Ge/c1-9-6-5-7-10(8-9)11(2,3)4/h5,7,9-10H,6,8H2,1-4H3/t9-,10-/m1/s1. The molecule has 0 aromatic carbocycles. The molecule has 1 aliphatic carbocycles. The Kier molecular flexibility index (Phi) is 2.85. The zero-order valence-electron chi connectivity index (χ0n) is 8.22. The molecule has 0 radical (unpaired) electrons. The van der Waals surface area contributed by atoms with Crippen LogP contribution in [0.5, 0.6) is 0 Å². The van der Waals surface area contributed by atoms with Crippen LogP contribution in [0.1, 0.15) is 19.8 Å². The van der Waals surface area contributed by atoms with E-state index in [-0.39, 0.29) is 0 Å². The molecule has 0 saturated carbocycles. The molecule has 64 valence electrons. The van der Waals surface area contributed by atoms with Crippen molar-refractivity contribution in [2.75, 3.05) is 0 Å². The molecule has 0 unspecified atom stereocenters. The monoisotopic (exact) mass is 214 g/mol. The zero-order chi connectivity index (χ0) is 8.48. The molecule has 1 heteroatoms. The van der Waals surface area contributed by atoms with E-state index in [0.717, 1.165) is 10.7 Å². The summed E-state index contributed by atoms with van der Waals surface area (Å²) in [6.07, 6.45) is 7.66. The van der Waals surface area contributed by atoms with Gasteiger partial charge in [-0.3, -0.25) is 0 Å². The van der Waals surface area contributed by atoms with Crippen LogP contribution in [0, 0.1) is 5.92 Å². The van der Waals surface area contributed by atoms with Gasteiger partial charge in [-0.2, -0.15) is 0 Å². The second-order valence-corrected chi connectivity index (χ2v) is 16.5. The van der Waals surface area contributed by atoms with Crippen LogP contribution in [0.25, 0.3) is 0 Å².